The summed E-state index contributed by atoms with van der Waals surface area (Å²) in [5, 5.41) is 1.28. The van der Waals surface area contributed by atoms with Crippen molar-refractivity contribution in [2.24, 2.45) is 0 Å². The van der Waals surface area contributed by atoms with E-state index in [4.69, 9.17) is 14.2 Å². The third kappa shape index (κ3) is 5.05. The molecule has 3 aromatic carbocycles. The molecule has 1 aliphatic rings. The van der Waals surface area contributed by atoms with Crippen LogP contribution in [0.2, 0.25) is 5.32 Å². The molecule has 0 aromatic heterocycles. The number of hydrogen-bond donors (Lipinski definition) is 0. The van der Waals surface area contributed by atoms with Crippen molar-refractivity contribution in [3.63, 3.8) is 0 Å². The van der Waals surface area contributed by atoms with Crippen molar-refractivity contribution in [1.29, 1.82) is 0 Å². The average molecular weight is 514 g/mol. The zero-order valence-electron chi connectivity index (χ0n) is 19.5. The van der Waals surface area contributed by atoms with Crippen molar-refractivity contribution >= 4 is 15.0 Å². The first kappa shape index (κ1) is 23.7. The van der Waals surface area contributed by atoms with Gasteiger partial charge in [0.15, 0.2) is 0 Å². The predicted octanol–water partition coefficient (Wildman–Crippen LogP) is 6.58. The molecular weight excluding hydrogens is 482 g/mol. The van der Waals surface area contributed by atoms with Crippen LogP contribution in [0.25, 0.3) is 0 Å². The van der Waals surface area contributed by atoms with Crippen LogP contribution in [0.3, 0.4) is 0 Å². The number of rotatable bonds is 8. The van der Waals surface area contributed by atoms with E-state index in [2.05, 4.69) is 30.3 Å². The average Bonchev–Trinajstić information content (AvgIpc) is 2.88. The molecule has 0 aliphatic carbocycles. The molecule has 0 radical (unpaired) electrons. The van der Waals surface area contributed by atoms with Gasteiger partial charge in [0.1, 0.15) is 0 Å². The maximum atomic E-state index is 13.9. The summed E-state index contributed by atoms with van der Waals surface area (Å²) in [6, 6.07) is 21.8. The van der Waals surface area contributed by atoms with Crippen LogP contribution in [0.5, 0.6) is 17.2 Å². The molecule has 0 spiro atoms. The van der Waals surface area contributed by atoms with Crippen LogP contribution in [-0.2, 0) is 4.31 Å². The second-order valence-electron chi connectivity index (χ2n) is 8.42. The number of benzene rings is 3. The minimum atomic E-state index is -0.226. The van der Waals surface area contributed by atoms with E-state index in [0.29, 0.717) is 26.5 Å². The van der Waals surface area contributed by atoms with Gasteiger partial charge in [-0.15, -0.1) is 0 Å². The molecule has 2 unspecified atom stereocenters. The van der Waals surface area contributed by atoms with Crippen molar-refractivity contribution in [2.75, 3.05) is 21.3 Å². The van der Waals surface area contributed by atoms with Crippen LogP contribution in [-0.4, -0.2) is 36.3 Å². The number of halogens is 1. The summed E-state index contributed by atoms with van der Waals surface area (Å²) in [5.74, 6) is 1.87. The molecule has 1 fully saturated rings. The van der Waals surface area contributed by atoms with E-state index in [9.17, 15) is 4.39 Å². The molecule has 1 aliphatic heterocycles. The fourth-order valence-electron chi connectivity index (χ4n) is 4.86. The molecule has 0 amide bonds. The van der Waals surface area contributed by atoms with Gasteiger partial charge < -0.3 is 0 Å². The Kier molecular flexibility index (Phi) is 7.62. The number of ether oxygens (including phenoxy) is 3. The Bertz CT molecular complexity index is 1050. The van der Waals surface area contributed by atoms with Crippen LogP contribution in [0.1, 0.15) is 48.3 Å². The Hall–Kier alpha value is -2.49. The van der Waals surface area contributed by atoms with Crippen molar-refractivity contribution in [3.8, 4) is 17.2 Å². The number of methoxy groups -OCH3 is 3. The van der Waals surface area contributed by atoms with Gasteiger partial charge in [-0.3, -0.25) is 0 Å². The molecule has 0 saturated carbocycles. The van der Waals surface area contributed by atoms with E-state index < -0.39 is 0 Å². The second-order valence-corrected chi connectivity index (χ2v) is 11.5. The van der Waals surface area contributed by atoms with Gasteiger partial charge in [-0.2, -0.15) is 0 Å². The summed E-state index contributed by atoms with van der Waals surface area (Å²) < 4.78 is 31.0. The van der Waals surface area contributed by atoms with Gasteiger partial charge in [-0.1, -0.05) is 0 Å². The second kappa shape index (κ2) is 10.6. The normalized spacial score (nSPS) is 19.0. The van der Waals surface area contributed by atoms with Crippen LogP contribution in [0, 0.1) is 5.82 Å². The standard InChI is InChI=1S/C28H31FO3Se/c1-30-25-18-27(32-3)26(31-2)17-23(25)24(20-11-13-22(29)14-12-20)19-28(15-7-8-16-33-28)21-9-5-4-6-10-21/h4-6,9-14,17-18,24H,7-8,15-16,19H2,1-3H3. The van der Waals surface area contributed by atoms with Gasteiger partial charge in [-0.05, 0) is 0 Å². The van der Waals surface area contributed by atoms with Gasteiger partial charge >= 0.3 is 203 Å². The third-order valence-corrected chi connectivity index (χ3v) is 10.0. The number of hydrogen-bond acceptors (Lipinski definition) is 3. The Morgan fingerprint density at radius 3 is 2.12 bits per heavy atom. The van der Waals surface area contributed by atoms with Gasteiger partial charge in [0, 0.05) is 0 Å². The van der Waals surface area contributed by atoms with Crippen molar-refractivity contribution < 1.29 is 18.6 Å². The molecule has 4 rings (SSSR count). The molecule has 1 heterocycles. The minimum absolute atomic E-state index is 0.0283. The Morgan fingerprint density at radius 1 is 0.848 bits per heavy atom. The van der Waals surface area contributed by atoms with Crippen LogP contribution >= 0.6 is 0 Å². The van der Waals surface area contributed by atoms with Crippen molar-refractivity contribution in [2.45, 2.75) is 41.2 Å². The van der Waals surface area contributed by atoms with Gasteiger partial charge in [0.05, 0.1) is 0 Å². The molecular formula is C28H31FO3Se. The van der Waals surface area contributed by atoms with E-state index in [-0.39, 0.29) is 16.0 Å². The van der Waals surface area contributed by atoms with E-state index in [0.717, 1.165) is 23.3 Å². The fraction of sp³-hybridized carbons (Fsp3) is 0.357. The van der Waals surface area contributed by atoms with E-state index in [1.54, 1.807) is 33.5 Å². The maximum absolute atomic E-state index is 13.9. The van der Waals surface area contributed by atoms with Gasteiger partial charge in [0.2, 0.25) is 0 Å². The van der Waals surface area contributed by atoms with E-state index >= 15 is 0 Å². The molecule has 0 bridgehead atoms. The topological polar surface area (TPSA) is 27.7 Å². The first-order valence-corrected chi connectivity index (χ1v) is 13.4. The molecule has 174 valence electrons. The van der Waals surface area contributed by atoms with Gasteiger partial charge in [-0.25, -0.2) is 0 Å². The van der Waals surface area contributed by atoms with E-state index in [1.165, 1.54) is 30.1 Å². The summed E-state index contributed by atoms with van der Waals surface area (Å²) >= 11 is 0.467. The quantitative estimate of drug-likeness (QED) is 0.319. The van der Waals surface area contributed by atoms with E-state index in [1.807, 2.05) is 24.3 Å². The van der Waals surface area contributed by atoms with Crippen LogP contribution in [0.4, 0.5) is 4.39 Å². The van der Waals surface area contributed by atoms with Crippen molar-refractivity contribution in [1.82, 2.24) is 0 Å². The van der Waals surface area contributed by atoms with Gasteiger partial charge in [0.25, 0.3) is 0 Å². The molecule has 2 atom stereocenters. The monoisotopic (exact) mass is 514 g/mol. The molecule has 5 heteroatoms. The fourth-order valence-corrected chi connectivity index (χ4v) is 8.25. The molecule has 1 saturated heterocycles. The summed E-state index contributed by atoms with van der Waals surface area (Å²) in [7, 11) is 4.96. The third-order valence-electron chi connectivity index (χ3n) is 6.57. The van der Waals surface area contributed by atoms with Crippen LogP contribution < -0.4 is 14.2 Å². The first-order valence-electron chi connectivity index (χ1n) is 11.3. The molecule has 3 nitrogen and oxygen atoms in total. The predicted molar refractivity (Wildman–Crippen MR) is 131 cm³/mol. The van der Waals surface area contributed by atoms with Crippen LogP contribution in [0.15, 0.2) is 66.7 Å². The Balaban J connectivity index is 1.87. The summed E-state index contributed by atoms with van der Waals surface area (Å²) in [5.41, 5.74) is 3.54. The Morgan fingerprint density at radius 2 is 1.52 bits per heavy atom. The molecule has 3 aromatic rings. The molecule has 33 heavy (non-hydrogen) atoms. The zero-order valence-corrected chi connectivity index (χ0v) is 21.2. The summed E-state index contributed by atoms with van der Waals surface area (Å²) in [6.07, 6.45) is 4.64. The van der Waals surface area contributed by atoms with Crippen molar-refractivity contribution in [3.05, 3.63) is 89.2 Å². The zero-order chi connectivity index (χ0) is 23.3. The molecule has 0 N–H and O–H groups in total. The SMILES string of the molecule is COc1cc(OC)c(C(CC2(c3ccccc3)CCCC[Se]2)c2ccc(F)cc2)cc1OC. The summed E-state index contributed by atoms with van der Waals surface area (Å²) in [4.78, 5) is 0. The summed E-state index contributed by atoms with van der Waals surface area (Å²) in [6.45, 7) is 0. The Labute approximate surface area is 202 Å². The first-order chi connectivity index (χ1) is 16.1.